The van der Waals surface area contributed by atoms with Crippen molar-refractivity contribution in [1.29, 1.82) is 0 Å². The molecule has 1 aliphatic heterocycles. The van der Waals surface area contributed by atoms with Gasteiger partial charge in [0.05, 0.1) is 11.8 Å². The quantitative estimate of drug-likeness (QED) is 0.874. The number of phenols is 1. The van der Waals surface area contributed by atoms with E-state index in [-0.39, 0.29) is 6.04 Å². The van der Waals surface area contributed by atoms with E-state index >= 15 is 0 Å². The third kappa shape index (κ3) is 2.39. The van der Waals surface area contributed by atoms with Gasteiger partial charge in [0.15, 0.2) is 0 Å². The van der Waals surface area contributed by atoms with Gasteiger partial charge in [0.1, 0.15) is 5.75 Å². The number of phenolic OH excluding ortho intramolecular Hbond substituents is 1. The number of hydrogen-bond acceptors (Lipinski definition) is 3. The molecule has 3 nitrogen and oxygen atoms in total. The summed E-state index contributed by atoms with van der Waals surface area (Å²) in [4.78, 5) is 0. The summed E-state index contributed by atoms with van der Waals surface area (Å²) in [7, 11) is 0. The van der Waals surface area contributed by atoms with Crippen molar-refractivity contribution in [3.05, 3.63) is 64.7 Å². The Morgan fingerprint density at radius 3 is 2.50 bits per heavy atom. The lowest BCUT2D eigenvalue weighted by molar-refractivity contribution is 0.474. The first-order valence-corrected chi connectivity index (χ1v) is 6.82. The minimum absolute atomic E-state index is 0.186. The van der Waals surface area contributed by atoms with Gasteiger partial charge in [-0.1, -0.05) is 41.5 Å². The van der Waals surface area contributed by atoms with Gasteiger partial charge >= 0.3 is 0 Å². The molecule has 1 atom stereocenters. The number of aryl methyl sites for hydroxylation is 2. The number of aromatic hydroxyl groups is 1. The lowest BCUT2D eigenvalue weighted by Gasteiger charge is -2.10. The average molecular weight is 266 g/mol. The molecule has 1 aliphatic rings. The molecule has 102 valence electrons. The van der Waals surface area contributed by atoms with Gasteiger partial charge in [-0.25, -0.2) is 0 Å². The second kappa shape index (κ2) is 5.00. The highest BCUT2D eigenvalue weighted by Gasteiger charge is 2.22. The van der Waals surface area contributed by atoms with Crippen LogP contribution in [0.1, 0.15) is 34.7 Å². The number of hydrogen-bond donors (Lipinski definition) is 2. The van der Waals surface area contributed by atoms with E-state index in [1.807, 2.05) is 19.1 Å². The molecule has 0 spiro atoms. The second-order valence-electron chi connectivity index (χ2n) is 5.38. The van der Waals surface area contributed by atoms with Crippen LogP contribution in [-0.4, -0.2) is 10.8 Å². The van der Waals surface area contributed by atoms with E-state index in [1.54, 1.807) is 6.07 Å². The Labute approximate surface area is 119 Å². The van der Waals surface area contributed by atoms with E-state index in [0.717, 1.165) is 23.3 Å². The largest absolute Gasteiger partial charge is 0.507 e. The van der Waals surface area contributed by atoms with Crippen LogP contribution in [-0.2, 0) is 0 Å². The molecule has 0 aliphatic carbocycles. The summed E-state index contributed by atoms with van der Waals surface area (Å²) in [6, 6.07) is 14.3. The Morgan fingerprint density at radius 2 is 1.75 bits per heavy atom. The summed E-state index contributed by atoms with van der Waals surface area (Å²) in [5.74, 6) is 0.292. The van der Waals surface area contributed by atoms with Crippen LogP contribution >= 0.6 is 0 Å². The highest BCUT2D eigenvalue weighted by Crippen LogP contribution is 2.28. The molecule has 3 heteroatoms. The van der Waals surface area contributed by atoms with E-state index in [4.69, 9.17) is 0 Å². The molecule has 0 aromatic heterocycles. The summed E-state index contributed by atoms with van der Waals surface area (Å²) >= 11 is 0. The molecular formula is C17H18N2O. The normalized spacial score (nSPS) is 17.7. The molecule has 2 aromatic carbocycles. The van der Waals surface area contributed by atoms with Gasteiger partial charge in [0.25, 0.3) is 0 Å². The highest BCUT2D eigenvalue weighted by atomic mass is 16.3. The van der Waals surface area contributed by atoms with Crippen LogP contribution in [0.5, 0.6) is 5.75 Å². The number of nitrogens with one attached hydrogen (secondary N) is 1. The van der Waals surface area contributed by atoms with Gasteiger partial charge in [-0.15, -0.1) is 0 Å². The Kier molecular flexibility index (Phi) is 3.18. The zero-order valence-electron chi connectivity index (χ0n) is 11.7. The van der Waals surface area contributed by atoms with Crippen LogP contribution in [0.25, 0.3) is 0 Å². The standard InChI is InChI=1S/C17H18N2O/c1-11-3-6-13(7-4-11)15-10-16(19-18-15)14-9-12(2)5-8-17(14)20/h3-9,15,18,20H,10H2,1-2H3/t15-/m0/s1. The van der Waals surface area contributed by atoms with E-state index in [9.17, 15) is 5.11 Å². The van der Waals surface area contributed by atoms with Gasteiger partial charge in [-0.2, -0.15) is 5.10 Å². The Morgan fingerprint density at radius 1 is 1.05 bits per heavy atom. The maximum Gasteiger partial charge on any atom is 0.124 e. The first-order chi connectivity index (χ1) is 9.63. The molecule has 0 unspecified atom stereocenters. The SMILES string of the molecule is Cc1ccc([C@@H]2CC(c3cc(C)ccc3O)=NN2)cc1. The van der Waals surface area contributed by atoms with Crippen LogP contribution in [0, 0.1) is 13.8 Å². The van der Waals surface area contributed by atoms with E-state index in [0.29, 0.717) is 5.75 Å². The topological polar surface area (TPSA) is 44.6 Å². The fourth-order valence-electron chi connectivity index (χ4n) is 2.48. The Bertz CT molecular complexity index is 659. The number of benzene rings is 2. The van der Waals surface area contributed by atoms with Crippen molar-refractivity contribution in [2.75, 3.05) is 0 Å². The third-order valence-corrected chi connectivity index (χ3v) is 3.70. The van der Waals surface area contributed by atoms with Crippen LogP contribution in [0.3, 0.4) is 0 Å². The minimum Gasteiger partial charge on any atom is -0.507 e. The van der Waals surface area contributed by atoms with Crippen molar-refractivity contribution in [3.63, 3.8) is 0 Å². The van der Waals surface area contributed by atoms with Crippen molar-refractivity contribution in [2.24, 2.45) is 5.10 Å². The van der Waals surface area contributed by atoms with E-state index < -0.39 is 0 Å². The summed E-state index contributed by atoms with van der Waals surface area (Å²) in [6.07, 6.45) is 0.792. The smallest absolute Gasteiger partial charge is 0.124 e. The predicted molar refractivity (Wildman–Crippen MR) is 81.1 cm³/mol. The van der Waals surface area contributed by atoms with Crippen molar-refractivity contribution in [1.82, 2.24) is 5.43 Å². The fraction of sp³-hybridized carbons (Fsp3) is 0.235. The summed E-state index contributed by atoms with van der Waals surface area (Å²) < 4.78 is 0. The zero-order chi connectivity index (χ0) is 14.1. The molecule has 3 rings (SSSR count). The maximum atomic E-state index is 9.98. The second-order valence-corrected chi connectivity index (χ2v) is 5.38. The zero-order valence-corrected chi connectivity index (χ0v) is 11.7. The molecule has 2 N–H and O–H groups in total. The molecule has 20 heavy (non-hydrogen) atoms. The van der Waals surface area contributed by atoms with Crippen molar-refractivity contribution < 1.29 is 5.11 Å². The molecule has 1 heterocycles. The lowest BCUT2D eigenvalue weighted by atomic mass is 9.97. The number of hydrazone groups is 1. The molecular weight excluding hydrogens is 248 g/mol. The molecule has 0 amide bonds. The van der Waals surface area contributed by atoms with Crippen molar-refractivity contribution in [2.45, 2.75) is 26.3 Å². The van der Waals surface area contributed by atoms with Gasteiger partial charge in [-0.05, 0) is 31.5 Å². The first kappa shape index (κ1) is 12.7. The molecule has 0 fully saturated rings. The molecule has 0 saturated heterocycles. The van der Waals surface area contributed by atoms with Gasteiger partial charge in [0.2, 0.25) is 0 Å². The average Bonchev–Trinajstić information content (AvgIpc) is 2.92. The Hall–Kier alpha value is -2.29. The maximum absolute atomic E-state index is 9.98. The highest BCUT2D eigenvalue weighted by molar-refractivity contribution is 6.04. The van der Waals surface area contributed by atoms with Crippen LogP contribution in [0.15, 0.2) is 47.6 Å². The monoisotopic (exact) mass is 266 g/mol. The molecule has 0 bridgehead atoms. The fourth-order valence-corrected chi connectivity index (χ4v) is 2.48. The van der Waals surface area contributed by atoms with E-state index in [2.05, 4.69) is 41.7 Å². The Balaban J connectivity index is 1.82. The number of nitrogens with zero attached hydrogens (tertiary/aromatic N) is 1. The molecule has 0 saturated carbocycles. The minimum atomic E-state index is 0.186. The molecule has 0 radical (unpaired) electrons. The number of rotatable bonds is 2. The summed E-state index contributed by atoms with van der Waals surface area (Å²) in [6.45, 7) is 4.10. The van der Waals surface area contributed by atoms with Gasteiger partial charge in [-0.3, -0.25) is 0 Å². The summed E-state index contributed by atoms with van der Waals surface area (Å²) in [5.41, 5.74) is 8.51. The van der Waals surface area contributed by atoms with Crippen molar-refractivity contribution >= 4 is 5.71 Å². The van der Waals surface area contributed by atoms with Crippen LogP contribution in [0.4, 0.5) is 0 Å². The predicted octanol–water partition coefficient (Wildman–Crippen LogP) is 3.45. The molecule has 2 aromatic rings. The first-order valence-electron chi connectivity index (χ1n) is 6.82. The van der Waals surface area contributed by atoms with Gasteiger partial charge < -0.3 is 10.5 Å². The third-order valence-electron chi connectivity index (χ3n) is 3.70. The van der Waals surface area contributed by atoms with Crippen LogP contribution in [0.2, 0.25) is 0 Å². The lowest BCUT2D eigenvalue weighted by Crippen LogP contribution is -2.09. The van der Waals surface area contributed by atoms with E-state index in [1.165, 1.54) is 11.1 Å². The van der Waals surface area contributed by atoms with Crippen LogP contribution < -0.4 is 5.43 Å². The van der Waals surface area contributed by atoms with Gasteiger partial charge in [0, 0.05) is 12.0 Å². The summed E-state index contributed by atoms with van der Waals surface area (Å²) in [5, 5.41) is 14.4. The van der Waals surface area contributed by atoms with Crippen molar-refractivity contribution in [3.8, 4) is 5.75 Å².